The molecule has 0 aliphatic heterocycles. The SMILES string of the molecule is CCC(C)(CC)C(=O)/C=C(\O)C(C)(CC)CC.Cc1nc(-c2[c-]cccc2)c2ccc3cc(C)c([Si](C)(C)C)c(C)c3c2n1.[Ir]. The molecule has 6 heteroatoms. The van der Waals surface area contributed by atoms with E-state index in [0.29, 0.717) is 0 Å². The van der Waals surface area contributed by atoms with E-state index < -0.39 is 8.07 Å². The monoisotopic (exact) mass is 802 g/mol. The molecule has 0 aliphatic rings. The summed E-state index contributed by atoms with van der Waals surface area (Å²) in [5.41, 5.74) is 5.23. The molecule has 0 unspecified atom stereocenters. The van der Waals surface area contributed by atoms with E-state index in [1.807, 2.05) is 66.7 Å². The van der Waals surface area contributed by atoms with Crippen LogP contribution in [0.2, 0.25) is 19.6 Å². The molecular formula is C39H53IrN2O2Si-. The summed E-state index contributed by atoms with van der Waals surface area (Å²) in [5, 5.41) is 15.3. The van der Waals surface area contributed by atoms with Crippen molar-refractivity contribution in [1.82, 2.24) is 9.97 Å². The topological polar surface area (TPSA) is 63.1 Å². The van der Waals surface area contributed by atoms with Gasteiger partial charge in [0.1, 0.15) is 11.6 Å². The number of allylic oxidation sites excluding steroid dienone is 2. The molecular weight excluding hydrogens is 749 g/mol. The Kier molecular flexibility index (Phi) is 13.1. The largest absolute Gasteiger partial charge is 0.512 e. The van der Waals surface area contributed by atoms with Crippen LogP contribution in [0.15, 0.2) is 54.3 Å². The van der Waals surface area contributed by atoms with Crippen molar-refractivity contribution in [3.63, 3.8) is 0 Å². The van der Waals surface area contributed by atoms with Gasteiger partial charge in [-0.15, -0.1) is 35.9 Å². The van der Waals surface area contributed by atoms with Gasteiger partial charge in [-0.3, -0.25) is 9.78 Å². The Hall–Kier alpha value is -2.66. The van der Waals surface area contributed by atoms with Crippen LogP contribution in [0.5, 0.6) is 0 Å². The second-order valence-electron chi connectivity index (χ2n) is 13.8. The van der Waals surface area contributed by atoms with E-state index in [0.717, 1.165) is 53.7 Å². The van der Waals surface area contributed by atoms with Crippen LogP contribution in [-0.2, 0) is 24.9 Å². The molecule has 45 heavy (non-hydrogen) atoms. The van der Waals surface area contributed by atoms with E-state index in [-0.39, 0.29) is 42.5 Å². The molecule has 0 bridgehead atoms. The van der Waals surface area contributed by atoms with Crippen molar-refractivity contribution < 1.29 is 30.0 Å². The fraction of sp³-hybridized carbons (Fsp3) is 0.462. The number of carbonyl (C=O) groups is 1. The van der Waals surface area contributed by atoms with Crippen LogP contribution in [0.25, 0.3) is 32.9 Å². The maximum Gasteiger partial charge on any atom is 0.164 e. The molecule has 3 aromatic carbocycles. The smallest absolute Gasteiger partial charge is 0.164 e. The third-order valence-corrected chi connectivity index (χ3v) is 12.1. The quantitative estimate of drug-likeness (QED) is 0.0602. The minimum atomic E-state index is -1.47. The van der Waals surface area contributed by atoms with Gasteiger partial charge in [0.05, 0.1) is 13.6 Å². The van der Waals surface area contributed by atoms with Crippen molar-refractivity contribution in [2.75, 3.05) is 0 Å². The molecule has 245 valence electrons. The molecule has 4 rings (SSSR count). The number of aliphatic hydroxyl groups excluding tert-OH is 1. The number of carbonyl (C=O) groups excluding carboxylic acids is 1. The third-order valence-electron chi connectivity index (χ3n) is 9.85. The van der Waals surface area contributed by atoms with Crippen molar-refractivity contribution in [1.29, 1.82) is 0 Å². The molecule has 0 fully saturated rings. The predicted molar refractivity (Wildman–Crippen MR) is 192 cm³/mol. The van der Waals surface area contributed by atoms with E-state index in [9.17, 15) is 9.90 Å². The van der Waals surface area contributed by atoms with Gasteiger partial charge in [-0.1, -0.05) is 90.1 Å². The zero-order valence-corrected chi connectivity index (χ0v) is 32.9. The number of ketones is 1. The number of hydrogen-bond acceptors (Lipinski definition) is 4. The fourth-order valence-electron chi connectivity index (χ4n) is 6.15. The number of fused-ring (bicyclic) bond motifs is 3. The number of aromatic nitrogens is 2. The summed E-state index contributed by atoms with van der Waals surface area (Å²) in [4.78, 5) is 21.8. The Labute approximate surface area is 286 Å². The van der Waals surface area contributed by atoms with Crippen molar-refractivity contribution in [3.05, 3.63) is 77.3 Å². The van der Waals surface area contributed by atoms with Crippen LogP contribution < -0.4 is 5.19 Å². The summed E-state index contributed by atoms with van der Waals surface area (Å²) in [6.45, 7) is 25.8. The van der Waals surface area contributed by atoms with Crippen molar-refractivity contribution in [3.8, 4) is 11.3 Å². The van der Waals surface area contributed by atoms with Crippen LogP contribution in [0, 0.1) is 37.7 Å². The second kappa shape index (κ2) is 15.3. The minimum Gasteiger partial charge on any atom is -0.512 e. The number of hydrogen-bond donors (Lipinski definition) is 1. The van der Waals surface area contributed by atoms with Crippen LogP contribution >= 0.6 is 0 Å². The van der Waals surface area contributed by atoms with Gasteiger partial charge in [-0.2, -0.15) is 0 Å². The molecule has 0 atom stereocenters. The molecule has 1 N–H and O–H groups in total. The van der Waals surface area contributed by atoms with E-state index in [2.05, 4.69) is 63.8 Å². The van der Waals surface area contributed by atoms with Gasteiger partial charge in [-0.25, -0.2) is 4.98 Å². The Morgan fingerprint density at radius 1 is 0.911 bits per heavy atom. The normalized spacial score (nSPS) is 12.5. The maximum absolute atomic E-state index is 12.2. The molecule has 0 saturated heterocycles. The van der Waals surface area contributed by atoms with Crippen molar-refractivity contribution >= 4 is 40.7 Å². The standard InChI is InChI=1S/C24H25N2Si.C15H28O2.Ir/c1-15-14-19-12-13-20-22(18-10-8-7-9-11-18)25-17(3)26-23(20)21(19)16(2)24(15)27(4,5)6;1-7-14(5,8-2)12(16)11-13(17)15(6,9-3)10-4;/h7-10,12-14H,1-6H3;11,16H,7-10H2,1-6H3;/q-1;;/b;12-11-;. The first-order valence-electron chi connectivity index (χ1n) is 16.2. The first-order valence-corrected chi connectivity index (χ1v) is 19.7. The van der Waals surface area contributed by atoms with Gasteiger partial charge in [0.2, 0.25) is 0 Å². The summed E-state index contributed by atoms with van der Waals surface area (Å²) >= 11 is 0. The van der Waals surface area contributed by atoms with E-state index in [1.54, 1.807) is 5.19 Å². The molecule has 0 aliphatic carbocycles. The van der Waals surface area contributed by atoms with Gasteiger partial charge in [0.15, 0.2) is 5.78 Å². The van der Waals surface area contributed by atoms with Gasteiger partial charge in [-0.05, 0) is 68.5 Å². The first kappa shape index (κ1) is 38.5. The first-order chi connectivity index (χ1) is 20.6. The van der Waals surface area contributed by atoms with Gasteiger partial charge in [0, 0.05) is 42.4 Å². The molecule has 0 saturated carbocycles. The summed E-state index contributed by atoms with van der Waals surface area (Å²) in [5.74, 6) is 1.09. The van der Waals surface area contributed by atoms with Gasteiger partial charge >= 0.3 is 0 Å². The molecule has 4 aromatic rings. The fourth-order valence-corrected chi connectivity index (χ4v) is 8.65. The minimum absolute atomic E-state index is 0. The van der Waals surface area contributed by atoms with Gasteiger partial charge < -0.3 is 5.11 Å². The number of benzene rings is 3. The number of nitrogens with zero attached hydrogens (tertiary/aromatic N) is 2. The predicted octanol–water partition coefficient (Wildman–Crippen LogP) is 10.4. The van der Waals surface area contributed by atoms with Crippen LogP contribution in [0.3, 0.4) is 0 Å². The number of rotatable bonds is 9. The van der Waals surface area contributed by atoms with Crippen LogP contribution in [0.1, 0.15) is 84.2 Å². The molecule has 0 amide bonds. The van der Waals surface area contributed by atoms with E-state index >= 15 is 0 Å². The average Bonchev–Trinajstić information content (AvgIpc) is 2.99. The maximum atomic E-state index is 12.2. The van der Waals surface area contributed by atoms with Gasteiger partial charge in [0.25, 0.3) is 0 Å². The third kappa shape index (κ3) is 8.20. The van der Waals surface area contributed by atoms with Crippen molar-refractivity contribution in [2.24, 2.45) is 10.8 Å². The zero-order valence-electron chi connectivity index (χ0n) is 29.5. The van der Waals surface area contributed by atoms with Crippen LogP contribution in [-0.4, -0.2) is 28.9 Å². The summed E-state index contributed by atoms with van der Waals surface area (Å²) in [6.07, 6.45) is 4.75. The Balaban J connectivity index is 0.000000343. The second-order valence-corrected chi connectivity index (χ2v) is 18.8. The molecule has 1 heterocycles. The summed E-state index contributed by atoms with van der Waals surface area (Å²) in [7, 11) is -1.47. The molecule has 0 spiro atoms. The zero-order chi connectivity index (χ0) is 33.0. The summed E-state index contributed by atoms with van der Waals surface area (Å²) < 4.78 is 0. The average molecular weight is 802 g/mol. The molecule has 1 aromatic heterocycles. The Morgan fingerprint density at radius 3 is 2.02 bits per heavy atom. The number of aliphatic hydroxyl groups is 1. The van der Waals surface area contributed by atoms with E-state index in [1.165, 1.54) is 28.0 Å². The molecule has 4 nitrogen and oxygen atoms in total. The van der Waals surface area contributed by atoms with E-state index in [4.69, 9.17) is 9.97 Å². The van der Waals surface area contributed by atoms with Crippen LogP contribution in [0.4, 0.5) is 0 Å². The Morgan fingerprint density at radius 2 is 1.51 bits per heavy atom. The van der Waals surface area contributed by atoms with Crippen molar-refractivity contribution in [2.45, 2.75) is 108 Å². The molecule has 1 radical (unpaired) electrons. The summed E-state index contributed by atoms with van der Waals surface area (Å²) in [6, 6.07) is 18.1. The Bertz CT molecular complexity index is 1660. The number of aryl methyl sites for hydroxylation is 3.